The number of benzene rings is 2. The number of hydrogen-bond donors (Lipinski definition) is 1. The number of amides is 1. The Morgan fingerprint density at radius 1 is 1.05 bits per heavy atom. The van der Waals surface area contributed by atoms with Crippen LogP contribution in [0.5, 0.6) is 5.75 Å². The van der Waals surface area contributed by atoms with Gasteiger partial charge in [0.15, 0.2) is 5.78 Å². The average Bonchev–Trinajstić information content (AvgIpc) is 2.51. The molecule has 114 valence electrons. The van der Waals surface area contributed by atoms with E-state index in [2.05, 4.69) is 5.32 Å². The molecule has 1 amide bonds. The van der Waals surface area contributed by atoms with Crippen molar-refractivity contribution in [3.8, 4) is 5.75 Å². The predicted molar refractivity (Wildman–Crippen MR) is 87.0 cm³/mol. The van der Waals surface area contributed by atoms with Gasteiger partial charge in [-0.15, -0.1) is 0 Å². The quantitative estimate of drug-likeness (QED) is 0.656. The lowest BCUT2D eigenvalue weighted by atomic mass is 10.1. The van der Waals surface area contributed by atoms with Crippen molar-refractivity contribution in [3.63, 3.8) is 0 Å². The number of carbonyl (C=O) groups is 2. The number of ketones is 1. The molecule has 6 heteroatoms. The van der Waals surface area contributed by atoms with E-state index in [0.29, 0.717) is 27.0 Å². The van der Waals surface area contributed by atoms with Gasteiger partial charge in [-0.2, -0.15) is 0 Å². The normalized spacial score (nSPS) is 10.1. The summed E-state index contributed by atoms with van der Waals surface area (Å²) in [6, 6.07) is 11.6. The van der Waals surface area contributed by atoms with Gasteiger partial charge in [-0.1, -0.05) is 41.4 Å². The van der Waals surface area contributed by atoms with Gasteiger partial charge in [-0.3, -0.25) is 9.59 Å². The van der Waals surface area contributed by atoms with Gasteiger partial charge in [0.05, 0.1) is 34.8 Å². The first-order valence-electron chi connectivity index (χ1n) is 6.43. The summed E-state index contributed by atoms with van der Waals surface area (Å²) >= 11 is 11.9. The topological polar surface area (TPSA) is 55.4 Å². The van der Waals surface area contributed by atoms with Crippen LogP contribution in [-0.2, 0) is 4.79 Å². The molecule has 0 atom stereocenters. The van der Waals surface area contributed by atoms with Crippen molar-refractivity contribution < 1.29 is 14.3 Å². The maximum atomic E-state index is 12.2. The fraction of sp³-hybridized carbons (Fsp3) is 0.125. The summed E-state index contributed by atoms with van der Waals surface area (Å²) in [4.78, 5) is 24.2. The first-order valence-corrected chi connectivity index (χ1v) is 7.18. The van der Waals surface area contributed by atoms with E-state index in [1.807, 2.05) is 0 Å². The van der Waals surface area contributed by atoms with Gasteiger partial charge in [-0.25, -0.2) is 0 Å². The predicted octanol–water partition coefficient (Wildman–Crippen LogP) is 4.21. The number of para-hydroxylation sites is 2. The molecular weight excluding hydrogens is 325 g/mol. The molecule has 0 heterocycles. The number of halogens is 2. The molecule has 22 heavy (non-hydrogen) atoms. The first kappa shape index (κ1) is 16.3. The first-order chi connectivity index (χ1) is 10.5. The number of ether oxygens (including phenoxy) is 1. The molecule has 1 N–H and O–H groups in total. The molecule has 0 radical (unpaired) electrons. The van der Waals surface area contributed by atoms with Crippen molar-refractivity contribution >= 4 is 40.6 Å². The molecule has 2 rings (SSSR count). The van der Waals surface area contributed by atoms with Crippen LogP contribution in [0.15, 0.2) is 42.5 Å². The Morgan fingerprint density at radius 3 is 2.32 bits per heavy atom. The molecular formula is C16H13Cl2NO3. The van der Waals surface area contributed by atoms with Crippen LogP contribution in [0.4, 0.5) is 5.69 Å². The van der Waals surface area contributed by atoms with E-state index in [-0.39, 0.29) is 12.2 Å². The highest BCUT2D eigenvalue weighted by atomic mass is 35.5. The summed E-state index contributed by atoms with van der Waals surface area (Å²) in [5, 5.41) is 3.17. The van der Waals surface area contributed by atoms with Crippen LogP contribution in [0.3, 0.4) is 0 Å². The highest BCUT2D eigenvalue weighted by molar-refractivity contribution is 6.39. The van der Waals surface area contributed by atoms with E-state index in [4.69, 9.17) is 27.9 Å². The van der Waals surface area contributed by atoms with Crippen molar-refractivity contribution in [1.29, 1.82) is 0 Å². The number of Topliss-reactive ketones (excluding diaryl/α,β-unsaturated/α-hetero) is 1. The molecule has 0 spiro atoms. The van der Waals surface area contributed by atoms with Crippen molar-refractivity contribution in [2.75, 3.05) is 12.4 Å². The SMILES string of the molecule is COc1ccccc1C(=O)CC(=O)Nc1c(Cl)cccc1Cl. The van der Waals surface area contributed by atoms with Gasteiger partial charge in [0, 0.05) is 0 Å². The van der Waals surface area contributed by atoms with Gasteiger partial charge in [0.2, 0.25) is 5.91 Å². The monoisotopic (exact) mass is 337 g/mol. The minimum Gasteiger partial charge on any atom is -0.496 e. The van der Waals surface area contributed by atoms with Crippen LogP contribution in [-0.4, -0.2) is 18.8 Å². The van der Waals surface area contributed by atoms with E-state index in [9.17, 15) is 9.59 Å². The Labute approximate surface area is 138 Å². The zero-order chi connectivity index (χ0) is 16.1. The number of nitrogens with one attached hydrogen (secondary N) is 1. The molecule has 0 aliphatic carbocycles. The third kappa shape index (κ3) is 3.78. The van der Waals surface area contributed by atoms with Crippen molar-refractivity contribution in [3.05, 3.63) is 58.1 Å². The Kier molecular flexibility index (Phi) is 5.41. The van der Waals surface area contributed by atoms with E-state index >= 15 is 0 Å². The van der Waals surface area contributed by atoms with Gasteiger partial charge < -0.3 is 10.1 Å². The molecule has 2 aromatic rings. The molecule has 2 aromatic carbocycles. The highest BCUT2D eigenvalue weighted by Crippen LogP contribution is 2.30. The summed E-state index contributed by atoms with van der Waals surface area (Å²) in [6.07, 6.45) is -0.331. The lowest BCUT2D eigenvalue weighted by molar-refractivity contribution is -0.115. The second-order valence-corrected chi connectivity index (χ2v) is 5.26. The van der Waals surface area contributed by atoms with Crippen molar-refractivity contribution in [2.24, 2.45) is 0 Å². The lowest BCUT2D eigenvalue weighted by Crippen LogP contribution is -2.17. The van der Waals surface area contributed by atoms with Crippen LogP contribution in [0, 0.1) is 0 Å². The van der Waals surface area contributed by atoms with Crippen LogP contribution < -0.4 is 10.1 Å². The summed E-state index contributed by atoms with van der Waals surface area (Å²) in [5.74, 6) is -0.417. The molecule has 0 unspecified atom stereocenters. The third-order valence-electron chi connectivity index (χ3n) is 2.96. The summed E-state index contributed by atoms with van der Waals surface area (Å²) in [7, 11) is 1.47. The fourth-order valence-electron chi connectivity index (χ4n) is 1.92. The maximum absolute atomic E-state index is 12.2. The van der Waals surface area contributed by atoms with Crippen LogP contribution in [0.1, 0.15) is 16.8 Å². The minimum atomic E-state index is -0.495. The zero-order valence-corrected chi connectivity index (χ0v) is 13.2. The van der Waals surface area contributed by atoms with Crippen LogP contribution >= 0.6 is 23.2 Å². The maximum Gasteiger partial charge on any atom is 0.232 e. The largest absolute Gasteiger partial charge is 0.496 e. The zero-order valence-electron chi connectivity index (χ0n) is 11.7. The Morgan fingerprint density at radius 2 is 1.68 bits per heavy atom. The van der Waals surface area contributed by atoms with E-state index in [1.165, 1.54) is 7.11 Å². The van der Waals surface area contributed by atoms with E-state index in [0.717, 1.165) is 0 Å². The van der Waals surface area contributed by atoms with Crippen LogP contribution in [0.2, 0.25) is 10.0 Å². The molecule has 0 fully saturated rings. The standard InChI is InChI=1S/C16H13Cl2NO3/c1-22-14-8-3-2-5-10(14)13(20)9-15(21)19-16-11(17)6-4-7-12(16)18/h2-8H,9H2,1H3,(H,19,21). The van der Waals surface area contributed by atoms with Gasteiger partial charge in [0.25, 0.3) is 0 Å². The smallest absolute Gasteiger partial charge is 0.232 e. The Balaban J connectivity index is 2.11. The summed E-state index contributed by atoms with van der Waals surface area (Å²) in [6.45, 7) is 0. The number of carbonyl (C=O) groups excluding carboxylic acids is 2. The molecule has 0 saturated carbocycles. The van der Waals surface area contributed by atoms with Crippen molar-refractivity contribution in [2.45, 2.75) is 6.42 Å². The number of hydrogen-bond acceptors (Lipinski definition) is 3. The second-order valence-electron chi connectivity index (χ2n) is 4.45. The Bertz CT molecular complexity index is 696. The fourth-order valence-corrected chi connectivity index (χ4v) is 2.41. The molecule has 4 nitrogen and oxygen atoms in total. The number of anilines is 1. The van der Waals surface area contributed by atoms with Gasteiger partial charge in [0.1, 0.15) is 5.75 Å². The number of methoxy groups -OCH3 is 1. The lowest BCUT2D eigenvalue weighted by Gasteiger charge is -2.10. The minimum absolute atomic E-state index is 0.295. The second kappa shape index (κ2) is 7.29. The van der Waals surface area contributed by atoms with Gasteiger partial charge >= 0.3 is 0 Å². The molecule has 0 bridgehead atoms. The number of rotatable bonds is 5. The summed E-state index contributed by atoms with van der Waals surface area (Å²) < 4.78 is 5.11. The van der Waals surface area contributed by atoms with Crippen LogP contribution in [0.25, 0.3) is 0 Å². The van der Waals surface area contributed by atoms with Gasteiger partial charge in [-0.05, 0) is 24.3 Å². The highest BCUT2D eigenvalue weighted by Gasteiger charge is 2.17. The molecule has 0 saturated heterocycles. The summed E-state index contributed by atoms with van der Waals surface area (Å²) in [5.41, 5.74) is 0.647. The van der Waals surface area contributed by atoms with Crippen molar-refractivity contribution in [1.82, 2.24) is 0 Å². The van der Waals surface area contributed by atoms with E-state index in [1.54, 1.807) is 42.5 Å². The van der Waals surface area contributed by atoms with E-state index < -0.39 is 5.91 Å². The molecule has 0 aliphatic heterocycles. The molecule has 0 aliphatic rings. The average molecular weight is 338 g/mol. The third-order valence-corrected chi connectivity index (χ3v) is 3.59. The Hall–Kier alpha value is -2.04. The molecule has 0 aromatic heterocycles.